The van der Waals surface area contributed by atoms with Crippen LogP contribution in [0.25, 0.3) is 0 Å². The van der Waals surface area contributed by atoms with Gasteiger partial charge in [0, 0.05) is 6.54 Å². The Bertz CT molecular complexity index is 345. The number of nitrogens with two attached hydrogens (primary N) is 1. The smallest absolute Gasteiger partial charge is 0.417 e. The van der Waals surface area contributed by atoms with Crippen LogP contribution in [0, 0.1) is 0 Å². The van der Waals surface area contributed by atoms with Gasteiger partial charge in [-0.15, -0.1) is 0 Å². The first kappa shape index (κ1) is 16.0. The van der Waals surface area contributed by atoms with Gasteiger partial charge in [-0.2, -0.15) is 0 Å². The molecule has 1 aliphatic rings. The Morgan fingerprint density at radius 3 is 2.42 bits per heavy atom. The molecule has 0 aromatic heterocycles. The number of imide groups is 1. The molecule has 0 spiro atoms. The Morgan fingerprint density at radius 1 is 1.26 bits per heavy atom. The van der Waals surface area contributed by atoms with Crippen LogP contribution in [0.3, 0.4) is 0 Å². The van der Waals surface area contributed by atoms with Gasteiger partial charge in [-0.25, -0.2) is 9.69 Å². The molecule has 0 radical (unpaired) electrons. The van der Waals surface area contributed by atoms with Gasteiger partial charge in [-0.05, 0) is 40.5 Å². The average Bonchev–Trinajstić information content (AvgIpc) is 2.29. The van der Waals surface area contributed by atoms with E-state index in [0.29, 0.717) is 13.0 Å². The highest BCUT2D eigenvalue weighted by atomic mass is 16.6. The Balaban J connectivity index is 2.87. The Hall–Kier alpha value is -1.10. The molecular formula is C14H26N2O3. The quantitative estimate of drug-likeness (QED) is 0.733. The second-order valence-corrected chi connectivity index (χ2v) is 6.52. The van der Waals surface area contributed by atoms with Crippen LogP contribution < -0.4 is 5.73 Å². The number of nitrogens with zero attached hydrogens (tertiary/aromatic N) is 1. The number of rotatable bonds is 0. The molecule has 5 heteroatoms. The fraction of sp³-hybridized carbons (Fsp3) is 0.857. The highest BCUT2D eigenvalue weighted by Gasteiger charge is 2.37. The molecule has 1 heterocycles. The van der Waals surface area contributed by atoms with Crippen LogP contribution in [0.4, 0.5) is 4.79 Å². The van der Waals surface area contributed by atoms with E-state index in [2.05, 4.69) is 0 Å². The van der Waals surface area contributed by atoms with Crippen molar-refractivity contribution in [3.05, 3.63) is 0 Å². The number of hydrogen-bond donors (Lipinski definition) is 1. The van der Waals surface area contributed by atoms with E-state index in [0.717, 1.165) is 25.7 Å². The van der Waals surface area contributed by atoms with Gasteiger partial charge in [-0.3, -0.25) is 4.79 Å². The van der Waals surface area contributed by atoms with Crippen molar-refractivity contribution in [2.75, 3.05) is 6.54 Å². The normalized spacial score (nSPS) is 26.4. The summed E-state index contributed by atoms with van der Waals surface area (Å²) in [5.74, 6) is -0.330. The lowest BCUT2D eigenvalue weighted by molar-refractivity contribution is -0.135. The monoisotopic (exact) mass is 270 g/mol. The van der Waals surface area contributed by atoms with Gasteiger partial charge < -0.3 is 10.5 Å². The highest BCUT2D eigenvalue weighted by molar-refractivity contribution is 5.97. The zero-order chi connectivity index (χ0) is 14.7. The molecule has 1 atom stereocenters. The number of ether oxygens (including phenoxy) is 1. The third-order valence-corrected chi connectivity index (χ3v) is 3.18. The van der Waals surface area contributed by atoms with Crippen molar-refractivity contribution >= 4 is 12.0 Å². The molecule has 1 fully saturated rings. The molecule has 19 heavy (non-hydrogen) atoms. The minimum Gasteiger partial charge on any atom is -0.443 e. The van der Waals surface area contributed by atoms with Gasteiger partial charge in [-0.1, -0.05) is 19.3 Å². The molecule has 2 N–H and O–H groups in total. The van der Waals surface area contributed by atoms with Crippen molar-refractivity contribution in [1.29, 1.82) is 0 Å². The van der Waals surface area contributed by atoms with Gasteiger partial charge in [0.25, 0.3) is 5.91 Å². The fourth-order valence-corrected chi connectivity index (χ4v) is 2.12. The summed E-state index contributed by atoms with van der Waals surface area (Å²) in [5.41, 5.74) is 4.46. The van der Waals surface area contributed by atoms with E-state index in [1.54, 1.807) is 27.7 Å². The Labute approximate surface area is 115 Å². The largest absolute Gasteiger partial charge is 0.443 e. The van der Waals surface area contributed by atoms with Crippen molar-refractivity contribution in [1.82, 2.24) is 4.90 Å². The summed E-state index contributed by atoms with van der Waals surface area (Å²) in [7, 11) is 0. The van der Waals surface area contributed by atoms with E-state index in [9.17, 15) is 9.59 Å². The maximum absolute atomic E-state index is 12.4. The van der Waals surface area contributed by atoms with Crippen molar-refractivity contribution in [2.24, 2.45) is 5.73 Å². The van der Waals surface area contributed by atoms with Crippen molar-refractivity contribution in [3.8, 4) is 0 Å². The molecule has 2 amide bonds. The van der Waals surface area contributed by atoms with E-state index in [4.69, 9.17) is 10.5 Å². The molecule has 0 aromatic rings. The van der Waals surface area contributed by atoms with E-state index in [1.165, 1.54) is 4.90 Å². The van der Waals surface area contributed by atoms with E-state index < -0.39 is 17.2 Å². The molecule has 5 nitrogen and oxygen atoms in total. The fourth-order valence-electron chi connectivity index (χ4n) is 2.12. The number of carbonyl (C=O) groups is 2. The third kappa shape index (κ3) is 4.82. The molecule has 0 bridgehead atoms. The maximum Gasteiger partial charge on any atom is 0.417 e. The van der Waals surface area contributed by atoms with Gasteiger partial charge in [0.15, 0.2) is 0 Å². The van der Waals surface area contributed by atoms with E-state index >= 15 is 0 Å². The van der Waals surface area contributed by atoms with Gasteiger partial charge in [0.1, 0.15) is 5.60 Å². The molecule has 1 unspecified atom stereocenters. The summed E-state index contributed by atoms with van der Waals surface area (Å²) in [6.07, 6.45) is 3.79. The molecule has 1 aliphatic heterocycles. The number of carbonyl (C=O) groups excluding carboxylic acids is 2. The zero-order valence-electron chi connectivity index (χ0n) is 12.5. The van der Waals surface area contributed by atoms with Crippen LogP contribution in [0.2, 0.25) is 0 Å². The molecule has 0 aromatic carbocycles. The SMILES string of the molecule is CC(C)(C)OC(=O)N1CCCCCCC(C)(N)C1=O. The van der Waals surface area contributed by atoms with E-state index in [-0.39, 0.29) is 5.91 Å². The lowest BCUT2D eigenvalue weighted by Crippen LogP contribution is -2.55. The standard InChI is InChI=1S/C14H26N2O3/c1-13(2,3)19-12(18)16-10-8-6-5-7-9-14(4,15)11(16)17/h5-10,15H2,1-4H3. The summed E-state index contributed by atoms with van der Waals surface area (Å²) in [5, 5.41) is 0. The van der Waals surface area contributed by atoms with Crippen molar-refractivity contribution in [3.63, 3.8) is 0 Å². The average molecular weight is 270 g/mol. The van der Waals surface area contributed by atoms with Crippen LogP contribution in [0.1, 0.15) is 59.8 Å². The van der Waals surface area contributed by atoms with Crippen LogP contribution >= 0.6 is 0 Å². The van der Waals surface area contributed by atoms with Crippen LogP contribution in [-0.2, 0) is 9.53 Å². The predicted molar refractivity (Wildman–Crippen MR) is 73.6 cm³/mol. The summed E-state index contributed by atoms with van der Waals surface area (Å²) >= 11 is 0. The van der Waals surface area contributed by atoms with Gasteiger partial charge in [0.05, 0.1) is 5.54 Å². The Morgan fingerprint density at radius 2 is 1.84 bits per heavy atom. The van der Waals surface area contributed by atoms with E-state index in [1.807, 2.05) is 0 Å². The summed E-state index contributed by atoms with van der Waals surface area (Å²) in [6, 6.07) is 0. The maximum atomic E-state index is 12.4. The van der Waals surface area contributed by atoms with Crippen LogP contribution in [0.15, 0.2) is 0 Å². The topological polar surface area (TPSA) is 72.6 Å². The second kappa shape index (κ2) is 5.90. The summed E-state index contributed by atoms with van der Waals surface area (Å²) in [6.45, 7) is 7.44. The molecule has 1 saturated heterocycles. The van der Waals surface area contributed by atoms with Gasteiger partial charge >= 0.3 is 6.09 Å². The van der Waals surface area contributed by atoms with Crippen molar-refractivity contribution in [2.45, 2.75) is 70.9 Å². The lowest BCUT2D eigenvalue weighted by atomic mass is 9.94. The first-order valence-electron chi connectivity index (χ1n) is 6.97. The summed E-state index contributed by atoms with van der Waals surface area (Å²) < 4.78 is 5.29. The predicted octanol–water partition coefficient (Wildman–Crippen LogP) is 2.43. The molecule has 0 saturated carbocycles. The van der Waals surface area contributed by atoms with Crippen LogP contribution in [-0.4, -0.2) is 34.6 Å². The zero-order valence-corrected chi connectivity index (χ0v) is 12.5. The molecule has 110 valence electrons. The number of hydrogen-bond acceptors (Lipinski definition) is 4. The third-order valence-electron chi connectivity index (χ3n) is 3.18. The first-order valence-corrected chi connectivity index (χ1v) is 6.97. The first-order chi connectivity index (χ1) is 8.63. The molecular weight excluding hydrogens is 244 g/mol. The number of amides is 2. The molecule has 1 rings (SSSR count). The second-order valence-electron chi connectivity index (χ2n) is 6.52. The molecule has 0 aliphatic carbocycles. The Kier molecular flexibility index (Phi) is 4.96. The minimum absolute atomic E-state index is 0.330. The lowest BCUT2D eigenvalue weighted by Gasteiger charge is -2.31. The van der Waals surface area contributed by atoms with Crippen LogP contribution in [0.5, 0.6) is 0 Å². The van der Waals surface area contributed by atoms with Crippen molar-refractivity contribution < 1.29 is 14.3 Å². The minimum atomic E-state index is -0.985. The highest BCUT2D eigenvalue weighted by Crippen LogP contribution is 2.21. The summed E-state index contributed by atoms with van der Waals surface area (Å²) in [4.78, 5) is 25.7. The van der Waals surface area contributed by atoms with Gasteiger partial charge in [0.2, 0.25) is 0 Å².